The summed E-state index contributed by atoms with van der Waals surface area (Å²) in [6.07, 6.45) is 2.35. The molecule has 2 aromatic rings. The van der Waals surface area contributed by atoms with E-state index in [1.807, 2.05) is 18.2 Å². The second-order valence-electron chi connectivity index (χ2n) is 6.93. The van der Waals surface area contributed by atoms with Gasteiger partial charge < -0.3 is 4.90 Å². The molecule has 1 fully saturated rings. The number of hydrogen-bond acceptors (Lipinski definition) is 5. The number of anilines is 1. The molecule has 3 rings (SSSR count). The summed E-state index contributed by atoms with van der Waals surface area (Å²) in [7, 11) is -3.51. The van der Waals surface area contributed by atoms with Crippen LogP contribution in [0.1, 0.15) is 32.3 Å². The van der Waals surface area contributed by atoms with Crippen LogP contribution in [0.4, 0.5) is 5.82 Å². The normalized spacial score (nSPS) is 16.0. The molecule has 1 aromatic carbocycles. The number of benzene rings is 1. The molecule has 7 heteroatoms. The Bertz CT molecular complexity index is 858. The number of rotatable bonds is 5. The second kappa shape index (κ2) is 7.72. The van der Waals surface area contributed by atoms with Crippen molar-refractivity contribution in [3.8, 4) is 11.3 Å². The quantitative estimate of drug-likeness (QED) is 0.871. The Balaban J connectivity index is 1.85. The SMILES string of the molecule is CCNS(=O)(=O)c1cc(-c2ccc(N3CCC(C)CC3)nn2)ccc1C. The summed E-state index contributed by atoms with van der Waals surface area (Å²) in [5.41, 5.74) is 2.13. The van der Waals surface area contributed by atoms with Gasteiger partial charge in [-0.25, -0.2) is 13.1 Å². The van der Waals surface area contributed by atoms with Gasteiger partial charge in [0.15, 0.2) is 5.82 Å². The fourth-order valence-electron chi connectivity index (χ4n) is 3.20. The highest BCUT2D eigenvalue weighted by Gasteiger charge is 2.19. The number of aryl methyl sites for hydroxylation is 1. The maximum Gasteiger partial charge on any atom is 0.240 e. The molecular formula is C19H26N4O2S. The first-order valence-corrected chi connectivity index (χ1v) is 10.6. The fraction of sp³-hybridized carbons (Fsp3) is 0.474. The summed E-state index contributed by atoms with van der Waals surface area (Å²) >= 11 is 0. The van der Waals surface area contributed by atoms with Crippen LogP contribution in [0.15, 0.2) is 35.2 Å². The first-order chi connectivity index (χ1) is 12.4. The van der Waals surface area contributed by atoms with Gasteiger partial charge in [-0.3, -0.25) is 0 Å². The molecule has 1 aromatic heterocycles. The minimum absolute atomic E-state index is 0.285. The Hall–Kier alpha value is -1.99. The lowest BCUT2D eigenvalue weighted by Crippen LogP contribution is -2.33. The summed E-state index contributed by atoms with van der Waals surface area (Å²) in [6.45, 7) is 8.20. The predicted octanol–water partition coefficient (Wildman–Crippen LogP) is 2.99. The minimum Gasteiger partial charge on any atom is -0.355 e. The first kappa shape index (κ1) is 18.8. The lowest BCUT2D eigenvalue weighted by Gasteiger charge is -2.30. The Morgan fingerprint density at radius 1 is 1.15 bits per heavy atom. The van der Waals surface area contributed by atoms with Crippen molar-refractivity contribution in [2.24, 2.45) is 5.92 Å². The van der Waals surface area contributed by atoms with E-state index in [0.717, 1.165) is 30.4 Å². The van der Waals surface area contributed by atoms with E-state index in [2.05, 4.69) is 26.7 Å². The van der Waals surface area contributed by atoms with Crippen LogP contribution >= 0.6 is 0 Å². The molecule has 0 saturated carbocycles. The largest absolute Gasteiger partial charge is 0.355 e. The molecule has 0 bridgehead atoms. The van der Waals surface area contributed by atoms with Gasteiger partial charge in [-0.15, -0.1) is 10.2 Å². The zero-order valence-electron chi connectivity index (χ0n) is 15.6. The van der Waals surface area contributed by atoms with E-state index >= 15 is 0 Å². The Kier molecular flexibility index (Phi) is 5.58. The Morgan fingerprint density at radius 3 is 2.50 bits per heavy atom. The molecule has 6 nitrogen and oxygen atoms in total. The number of piperidine rings is 1. The topological polar surface area (TPSA) is 75.2 Å². The van der Waals surface area contributed by atoms with Crippen LogP contribution in [0.3, 0.4) is 0 Å². The van der Waals surface area contributed by atoms with Crippen molar-refractivity contribution in [2.45, 2.75) is 38.5 Å². The van der Waals surface area contributed by atoms with Crippen LogP contribution in [-0.4, -0.2) is 38.2 Å². The summed E-state index contributed by atoms with van der Waals surface area (Å²) < 4.78 is 27.3. The van der Waals surface area contributed by atoms with Crippen LogP contribution in [0.25, 0.3) is 11.3 Å². The summed E-state index contributed by atoms with van der Waals surface area (Å²) in [5, 5.41) is 8.70. The van der Waals surface area contributed by atoms with E-state index in [1.54, 1.807) is 26.0 Å². The molecule has 1 aliphatic rings. The lowest BCUT2D eigenvalue weighted by atomic mass is 9.99. The average molecular weight is 375 g/mol. The third-order valence-electron chi connectivity index (χ3n) is 4.87. The summed E-state index contributed by atoms with van der Waals surface area (Å²) in [4.78, 5) is 2.54. The highest BCUT2D eigenvalue weighted by Crippen LogP contribution is 2.25. The van der Waals surface area contributed by atoms with Gasteiger partial charge in [0, 0.05) is 25.2 Å². The number of hydrogen-bond donors (Lipinski definition) is 1. The smallest absolute Gasteiger partial charge is 0.240 e. The maximum atomic E-state index is 12.4. The number of nitrogens with one attached hydrogen (secondary N) is 1. The molecular weight excluding hydrogens is 348 g/mol. The zero-order valence-corrected chi connectivity index (χ0v) is 16.4. The van der Waals surface area contributed by atoms with Crippen molar-refractivity contribution < 1.29 is 8.42 Å². The highest BCUT2D eigenvalue weighted by atomic mass is 32.2. The molecule has 0 unspecified atom stereocenters. The van der Waals surface area contributed by atoms with Crippen molar-refractivity contribution in [1.82, 2.24) is 14.9 Å². The van der Waals surface area contributed by atoms with Gasteiger partial charge in [-0.1, -0.05) is 26.0 Å². The van der Waals surface area contributed by atoms with Gasteiger partial charge in [0.05, 0.1) is 10.6 Å². The molecule has 1 saturated heterocycles. The molecule has 0 amide bonds. The third-order valence-corrected chi connectivity index (χ3v) is 6.55. The monoisotopic (exact) mass is 374 g/mol. The van der Waals surface area contributed by atoms with Crippen LogP contribution in [0.5, 0.6) is 0 Å². The van der Waals surface area contributed by atoms with Gasteiger partial charge in [-0.2, -0.15) is 0 Å². The van der Waals surface area contributed by atoms with Gasteiger partial charge in [0.1, 0.15) is 0 Å². The second-order valence-corrected chi connectivity index (χ2v) is 8.66. The molecule has 1 aliphatic heterocycles. The van der Waals surface area contributed by atoms with Gasteiger partial charge in [-0.05, 0) is 49.4 Å². The molecule has 140 valence electrons. The molecule has 0 spiro atoms. The minimum atomic E-state index is -3.51. The number of nitrogens with zero attached hydrogens (tertiary/aromatic N) is 3. The van der Waals surface area contributed by atoms with Crippen LogP contribution in [-0.2, 0) is 10.0 Å². The molecule has 2 heterocycles. The van der Waals surface area contributed by atoms with Crippen molar-refractivity contribution in [2.75, 3.05) is 24.5 Å². The van der Waals surface area contributed by atoms with E-state index in [-0.39, 0.29) is 4.90 Å². The van der Waals surface area contributed by atoms with Crippen molar-refractivity contribution in [3.63, 3.8) is 0 Å². The standard InChI is InChI=1S/C19H26N4O2S/c1-4-20-26(24,25)18-13-16(6-5-15(18)3)17-7-8-19(22-21-17)23-11-9-14(2)10-12-23/h5-8,13-14,20H,4,9-12H2,1-3H3. The third kappa shape index (κ3) is 4.04. The summed E-state index contributed by atoms with van der Waals surface area (Å²) in [6, 6.07) is 9.23. The Morgan fingerprint density at radius 2 is 1.88 bits per heavy atom. The van der Waals surface area contributed by atoms with E-state index in [0.29, 0.717) is 17.8 Å². The lowest BCUT2D eigenvalue weighted by molar-refractivity contribution is 0.436. The summed E-state index contributed by atoms with van der Waals surface area (Å²) in [5.74, 6) is 1.65. The Labute approximate surface area is 155 Å². The van der Waals surface area contributed by atoms with Gasteiger partial charge >= 0.3 is 0 Å². The predicted molar refractivity (Wildman–Crippen MR) is 104 cm³/mol. The van der Waals surface area contributed by atoms with Crippen LogP contribution < -0.4 is 9.62 Å². The molecule has 0 radical (unpaired) electrons. The van der Waals surface area contributed by atoms with E-state index in [9.17, 15) is 8.42 Å². The average Bonchev–Trinajstić information content (AvgIpc) is 2.63. The van der Waals surface area contributed by atoms with E-state index < -0.39 is 10.0 Å². The van der Waals surface area contributed by atoms with Crippen molar-refractivity contribution in [3.05, 3.63) is 35.9 Å². The van der Waals surface area contributed by atoms with E-state index in [1.165, 1.54) is 12.8 Å². The van der Waals surface area contributed by atoms with Crippen molar-refractivity contribution >= 4 is 15.8 Å². The number of sulfonamides is 1. The van der Waals surface area contributed by atoms with Crippen LogP contribution in [0, 0.1) is 12.8 Å². The van der Waals surface area contributed by atoms with Crippen molar-refractivity contribution in [1.29, 1.82) is 0 Å². The molecule has 1 N–H and O–H groups in total. The molecule has 26 heavy (non-hydrogen) atoms. The van der Waals surface area contributed by atoms with Crippen LogP contribution in [0.2, 0.25) is 0 Å². The highest BCUT2D eigenvalue weighted by molar-refractivity contribution is 7.89. The van der Waals surface area contributed by atoms with E-state index in [4.69, 9.17) is 0 Å². The maximum absolute atomic E-state index is 12.4. The molecule has 0 aliphatic carbocycles. The van der Waals surface area contributed by atoms with Gasteiger partial charge in [0.25, 0.3) is 0 Å². The molecule has 0 atom stereocenters. The first-order valence-electron chi connectivity index (χ1n) is 9.10. The number of aromatic nitrogens is 2. The fourth-order valence-corrected chi connectivity index (χ4v) is 4.51. The zero-order chi connectivity index (χ0) is 18.7. The van der Waals surface area contributed by atoms with Gasteiger partial charge in [0.2, 0.25) is 10.0 Å².